The summed E-state index contributed by atoms with van der Waals surface area (Å²) < 4.78 is 10.7. The molecule has 0 bridgehead atoms. The molecule has 6 heteroatoms. The number of carbonyl (C=O) groups excluding carboxylic acids is 2. The van der Waals surface area contributed by atoms with E-state index in [9.17, 15) is 9.59 Å². The van der Waals surface area contributed by atoms with E-state index in [2.05, 4.69) is 0 Å². The first-order chi connectivity index (χ1) is 15.0. The Morgan fingerprint density at radius 3 is 2.13 bits per heavy atom. The summed E-state index contributed by atoms with van der Waals surface area (Å²) in [6, 6.07) is 22.2. The molecule has 156 valence electrons. The highest BCUT2D eigenvalue weighted by Crippen LogP contribution is 2.43. The Hall–Kier alpha value is -3.51. The van der Waals surface area contributed by atoms with E-state index in [-0.39, 0.29) is 11.8 Å². The number of amides is 2. The number of carbonyl (C=O) groups is 2. The van der Waals surface area contributed by atoms with Gasteiger partial charge in [0.25, 0.3) is 11.8 Å². The van der Waals surface area contributed by atoms with Gasteiger partial charge >= 0.3 is 0 Å². The zero-order chi connectivity index (χ0) is 22.0. The summed E-state index contributed by atoms with van der Waals surface area (Å²) in [5.41, 5.74) is 2.38. The normalized spacial score (nSPS) is 13.7. The molecule has 1 heterocycles. The van der Waals surface area contributed by atoms with Gasteiger partial charge in [0.15, 0.2) is 11.5 Å². The zero-order valence-electron chi connectivity index (χ0n) is 17.4. The molecule has 5 nitrogen and oxygen atoms in total. The van der Waals surface area contributed by atoms with Crippen LogP contribution in [0.25, 0.3) is 5.57 Å². The third-order valence-electron chi connectivity index (χ3n) is 5.03. The Morgan fingerprint density at radius 1 is 0.774 bits per heavy atom. The molecule has 0 radical (unpaired) electrons. The van der Waals surface area contributed by atoms with Gasteiger partial charge in [0.2, 0.25) is 0 Å². The number of aryl methyl sites for hydroxylation is 1. The summed E-state index contributed by atoms with van der Waals surface area (Å²) in [6.45, 7) is 1.88. The van der Waals surface area contributed by atoms with Crippen molar-refractivity contribution in [2.24, 2.45) is 0 Å². The summed E-state index contributed by atoms with van der Waals surface area (Å²) in [5, 5.41) is 0. The number of ether oxygens (including phenoxy) is 2. The molecule has 0 aliphatic carbocycles. The van der Waals surface area contributed by atoms with E-state index in [0.717, 1.165) is 10.5 Å². The van der Waals surface area contributed by atoms with E-state index < -0.39 is 0 Å². The van der Waals surface area contributed by atoms with E-state index >= 15 is 0 Å². The average molecular weight is 432 g/mol. The van der Waals surface area contributed by atoms with Crippen molar-refractivity contribution in [3.05, 3.63) is 88.8 Å². The molecular weight excluding hydrogens is 410 g/mol. The van der Waals surface area contributed by atoms with Gasteiger partial charge in [-0.3, -0.25) is 9.59 Å². The standard InChI is InChI=1S/C25H21NO4S/c1-16-9-7-8-12-19(16)26-24(27)22(17-13-14-20(29-2)21(15-17)30-3)23(25(26)28)31-18-10-5-4-6-11-18/h4-15H,1-3H3. The quantitative estimate of drug-likeness (QED) is 0.509. The molecule has 1 aliphatic heterocycles. The average Bonchev–Trinajstić information content (AvgIpc) is 3.03. The van der Waals surface area contributed by atoms with Crippen LogP contribution in [-0.4, -0.2) is 26.0 Å². The molecule has 1 aliphatic rings. The van der Waals surface area contributed by atoms with Gasteiger partial charge in [0.1, 0.15) is 0 Å². The van der Waals surface area contributed by atoms with Crippen molar-refractivity contribution in [2.45, 2.75) is 11.8 Å². The van der Waals surface area contributed by atoms with Crippen molar-refractivity contribution in [1.82, 2.24) is 0 Å². The van der Waals surface area contributed by atoms with Gasteiger partial charge < -0.3 is 9.47 Å². The number of rotatable bonds is 6. The number of benzene rings is 3. The van der Waals surface area contributed by atoms with Crippen LogP contribution >= 0.6 is 11.8 Å². The van der Waals surface area contributed by atoms with Gasteiger partial charge in [0.05, 0.1) is 30.4 Å². The van der Waals surface area contributed by atoms with Gasteiger partial charge in [-0.2, -0.15) is 0 Å². The molecule has 2 amide bonds. The fraction of sp³-hybridized carbons (Fsp3) is 0.120. The molecule has 0 unspecified atom stereocenters. The van der Waals surface area contributed by atoms with E-state index in [1.54, 1.807) is 31.4 Å². The highest BCUT2D eigenvalue weighted by atomic mass is 32.2. The largest absolute Gasteiger partial charge is 0.493 e. The first-order valence-electron chi connectivity index (χ1n) is 9.69. The predicted octanol–water partition coefficient (Wildman–Crippen LogP) is 5.09. The number of nitrogens with zero attached hydrogens (tertiary/aromatic N) is 1. The van der Waals surface area contributed by atoms with Gasteiger partial charge in [-0.25, -0.2) is 4.90 Å². The predicted molar refractivity (Wildman–Crippen MR) is 122 cm³/mol. The SMILES string of the molecule is COc1ccc(C2=C(Sc3ccccc3)C(=O)N(c3ccccc3C)C2=O)cc1OC. The first-order valence-corrected chi connectivity index (χ1v) is 10.5. The van der Waals surface area contributed by atoms with Crippen LogP contribution in [0.2, 0.25) is 0 Å². The van der Waals surface area contributed by atoms with E-state index in [1.165, 1.54) is 23.8 Å². The number of para-hydroxylation sites is 1. The molecule has 0 fully saturated rings. The molecule has 0 saturated carbocycles. The maximum Gasteiger partial charge on any atom is 0.272 e. The number of anilines is 1. The van der Waals surface area contributed by atoms with Gasteiger partial charge in [-0.15, -0.1) is 0 Å². The van der Waals surface area contributed by atoms with Crippen molar-refractivity contribution >= 4 is 34.8 Å². The lowest BCUT2D eigenvalue weighted by Crippen LogP contribution is -2.31. The number of imide groups is 1. The van der Waals surface area contributed by atoms with Crippen molar-refractivity contribution in [3.8, 4) is 11.5 Å². The number of thioether (sulfide) groups is 1. The molecule has 3 aromatic rings. The number of hydrogen-bond donors (Lipinski definition) is 0. The minimum absolute atomic E-state index is 0.335. The molecule has 4 rings (SSSR count). The van der Waals surface area contributed by atoms with Crippen molar-refractivity contribution < 1.29 is 19.1 Å². The smallest absolute Gasteiger partial charge is 0.272 e. The topological polar surface area (TPSA) is 55.8 Å². The van der Waals surface area contributed by atoms with Crippen LogP contribution in [0.4, 0.5) is 5.69 Å². The molecular formula is C25H21NO4S. The lowest BCUT2D eigenvalue weighted by molar-refractivity contribution is -0.119. The highest BCUT2D eigenvalue weighted by Gasteiger charge is 2.41. The maximum absolute atomic E-state index is 13.6. The molecule has 31 heavy (non-hydrogen) atoms. The Morgan fingerprint density at radius 2 is 1.45 bits per heavy atom. The number of methoxy groups -OCH3 is 2. The fourth-order valence-electron chi connectivity index (χ4n) is 3.49. The Balaban J connectivity index is 1.87. The summed E-state index contributed by atoms with van der Waals surface area (Å²) in [6.07, 6.45) is 0. The summed E-state index contributed by atoms with van der Waals surface area (Å²) in [5.74, 6) is 0.352. The zero-order valence-corrected chi connectivity index (χ0v) is 18.2. The third kappa shape index (κ3) is 3.82. The summed E-state index contributed by atoms with van der Waals surface area (Å²) in [4.78, 5) is 29.6. The van der Waals surface area contributed by atoms with Crippen LogP contribution in [-0.2, 0) is 9.59 Å². The monoisotopic (exact) mass is 431 g/mol. The van der Waals surface area contributed by atoms with Crippen LogP contribution in [0.15, 0.2) is 82.6 Å². The molecule has 0 aromatic heterocycles. The van der Waals surface area contributed by atoms with Crippen molar-refractivity contribution in [3.63, 3.8) is 0 Å². The van der Waals surface area contributed by atoms with Crippen LogP contribution < -0.4 is 14.4 Å². The van der Waals surface area contributed by atoms with Crippen molar-refractivity contribution in [1.29, 1.82) is 0 Å². The number of hydrogen-bond acceptors (Lipinski definition) is 5. The van der Waals surface area contributed by atoms with Crippen LogP contribution in [0, 0.1) is 6.92 Å². The van der Waals surface area contributed by atoms with Gasteiger partial charge in [-0.05, 0) is 48.4 Å². The lowest BCUT2D eigenvalue weighted by Gasteiger charge is -2.17. The molecule has 3 aromatic carbocycles. The van der Waals surface area contributed by atoms with E-state index in [1.807, 2.05) is 55.5 Å². The molecule has 0 atom stereocenters. The van der Waals surface area contributed by atoms with Crippen LogP contribution in [0.1, 0.15) is 11.1 Å². The first kappa shape index (κ1) is 20.8. The second-order valence-electron chi connectivity index (χ2n) is 6.92. The molecule has 0 saturated heterocycles. The summed E-state index contributed by atoms with van der Waals surface area (Å²) in [7, 11) is 3.09. The summed E-state index contributed by atoms with van der Waals surface area (Å²) >= 11 is 1.29. The maximum atomic E-state index is 13.6. The van der Waals surface area contributed by atoms with Crippen LogP contribution in [0.5, 0.6) is 11.5 Å². The fourth-order valence-corrected chi connectivity index (χ4v) is 4.50. The second-order valence-corrected chi connectivity index (χ2v) is 8.00. The third-order valence-corrected chi connectivity index (χ3v) is 6.12. The van der Waals surface area contributed by atoms with Gasteiger partial charge in [-0.1, -0.05) is 54.2 Å². The highest BCUT2D eigenvalue weighted by molar-refractivity contribution is 8.04. The molecule has 0 spiro atoms. The van der Waals surface area contributed by atoms with Gasteiger partial charge in [0, 0.05) is 4.90 Å². The Labute approximate surface area is 185 Å². The second kappa shape index (κ2) is 8.70. The minimum Gasteiger partial charge on any atom is -0.493 e. The Kier molecular flexibility index (Phi) is 5.82. The lowest BCUT2D eigenvalue weighted by atomic mass is 10.1. The van der Waals surface area contributed by atoms with E-state index in [0.29, 0.717) is 33.2 Å². The van der Waals surface area contributed by atoms with E-state index in [4.69, 9.17) is 9.47 Å². The molecule has 0 N–H and O–H groups in total. The van der Waals surface area contributed by atoms with Crippen molar-refractivity contribution in [2.75, 3.05) is 19.1 Å². The van der Waals surface area contributed by atoms with Crippen LogP contribution in [0.3, 0.4) is 0 Å². The Bertz CT molecular complexity index is 1190. The minimum atomic E-state index is -0.357.